The van der Waals surface area contributed by atoms with Crippen LogP contribution in [-0.2, 0) is 0 Å². The fraction of sp³-hybridized carbons (Fsp3) is 0.625. The van der Waals surface area contributed by atoms with Crippen LogP contribution in [0.4, 0.5) is 5.69 Å². The van der Waals surface area contributed by atoms with Crippen LogP contribution in [0.25, 0.3) is 0 Å². The van der Waals surface area contributed by atoms with Gasteiger partial charge in [-0.3, -0.25) is 4.79 Å². The second kappa shape index (κ2) is 6.25. The molecule has 0 spiro atoms. The lowest BCUT2D eigenvalue weighted by Crippen LogP contribution is -2.28. The lowest BCUT2D eigenvalue weighted by Gasteiger charge is -2.22. The van der Waals surface area contributed by atoms with Gasteiger partial charge in [-0.15, -0.1) is 0 Å². The average Bonchev–Trinajstić information content (AvgIpc) is 2.89. The van der Waals surface area contributed by atoms with Gasteiger partial charge in [0.15, 0.2) is 0 Å². The highest BCUT2D eigenvalue weighted by atomic mass is 16.2. The summed E-state index contributed by atoms with van der Waals surface area (Å²) < 4.78 is 0. The molecule has 4 nitrogen and oxygen atoms in total. The summed E-state index contributed by atoms with van der Waals surface area (Å²) in [7, 11) is 0. The van der Waals surface area contributed by atoms with Gasteiger partial charge in [0.2, 0.25) is 0 Å². The number of rotatable bonds is 2. The number of carbonyl (C=O) groups is 1. The van der Waals surface area contributed by atoms with Crippen molar-refractivity contribution < 1.29 is 4.79 Å². The first kappa shape index (κ1) is 13.4. The van der Waals surface area contributed by atoms with Crippen molar-refractivity contribution in [1.82, 2.24) is 9.88 Å². The van der Waals surface area contributed by atoms with Gasteiger partial charge in [0.05, 0.1) is 11.9 Å². The molecule has 108 valence electrons. The fourth-order valence-corrected chi connectivity index (χ4v) is 3.11. The molecule has 2 aliphatic rings. The van der Waals surface area contributed by atoms with Gasteiger partial charge in [0.1, 0.15) is 5.69 Å². The van der Waals surface area contributed by atoms with Gasteiger partial charge >= 0.3 is 0 Å². The van der Waals surface area contributed by atoms with Crippen LogP contribution in [0.2, 0.25) is 0 Å². The van der Waals surface area contributed by atoms with Crippen molar-refractivity contribution in [3.05, 3.63) is 24.0 Å². The first-order valence-electron chi connectivity index (χ1n) is 7.85. The van der Waals surface area contributed by atoms with Crippen LogP contribution in [0, 0.1) is 0 Å². The predicted molar refractivity (Wildman–Crippen MR) is 80.1 cm³/mol. The van der Waals surface area contributed by atoms with Gasteiger partial charge in [0, 0.05) is 26.2 Å². The fourth-order valence-electron chi connectivity index (χ4n) is 3.11. The molecule has 2 fully saturated rings. The first-order chi connectivity index (χ1) is 9.84. The molecule has 0 bridgehead atoms. The van der Waals surface area contributed by atoms with Crippen LogP contribution >= 0.6 is 0 Å². The van der Waals surface area contributed by atoms with Crippen LogP contribution in [0.3, 0.4) is 0 Å². The Bertz CT molecular complexity index is 443. The molecule has 20 heavy (non-hydrogen) atoms. The molecule has 3 rings (SSSR count). The number of hydrogen-bond acceptors (Lipinski definition) is 3. The van der Waals surface area contributed by atoms with Crippen molar-refractivity contribution in [2.24, 2.45) is 0 Å². The minimum Gasteiger partial charge on any atom is -0.370 e. The Morgan fingerprint density at radius 2 is 1.55 bits per heavy atom. The van der Waals surface area contributed by atoms with E-state index in [1.165, 1.54) is 25.7 Å². The molecular formula is C16H23N3O. The largest absolute Gasteiger partial charge is 0.370 e. The third-order valence-electron chi connectivity index (χ3n) is 4.33. The lowest BCUT2D eigenvalue weighted by atomic mass is 10.2. The van der Waals surface area contributed by atoms with Gasteiger partial charge in [-0.25, -0.2) is 4.98 Å². The summed E-state index contributed by atoms with van der Waals surface area (Å²) in [6.07, 6.45) is 9.29. The highest BCUT2D eigenvalue weighted by Gasteiger charge is 2.20. The van der Waals surface area contributed by atoms with Gasteiger partial charge in [-0.2, -0.15) is 0 Å². The third kappa shape index (κ3) is 2.94. The summed E-state index contributed by atoms with van der Waals surface area (Å²) in [6, 6.07) is 3.95. The molecule has 1 aromatic rings. The van der Waals surface area contributed by atoms with Crippen molar-refractivity contribution in [2.75, 3.05) is 31.1 Å². The summed E-state index contributed by atoms with van der Waals surface area (Å²) >= 11 is 0. The monoisotopic (exact) mass is 273 g/mol. The van der Waals surface area contributed by atoms with Crippen molar-refractivity contribution in [1.29, 1.82) is 0 Å². The molecule has 0 unspecified atom stereocenters. The molecule has 2 aliphatic heterocycles. The van der Waals surface area contributed by atoms with E-state index in [2.05, 4.69) is 16.0 Å². The number of likely N-dealkylation sites (tertiary alicyclic amines) is 1. The van der Waals surface area contributed by atoms with E-state index in [0.29, 0.717) is 5.69 Å². The zero-order valence-corrected chi connectivity index (χ0v) is 12.1. The molecule has 3 heterocycles. The number of carbonyl (C=O) groups excluding carboxylic acids is 1. The molecule has 0 radical (unpaired) electrons. The Labute approximate surface area is 120 Å². The Kier molecular flexibility index (Phi) is 4.19. The van der Waals surface area contributed by atoms with E-state index in [1.807, 2.05) is 17.2 Å². The quantitative estimate of drug-likeness (QED) is 0.831. The molecule has 0 aromatic carbocycles. The van der Waals surface area contributed by atoms with E-state index < -0.39 is 0 Å². The molecule has 4 heteroatoms. The average molecular weight is 273 g/mol. The van der Waals surface area contributed by atoms with Crippen LogP contribution < -0.4 is 4.90 Å². The Hall–Kier alpha value is -1.58. The number of nitrogens with zero attached hydrogens (tertiary/aromatic N) is 3. The Balaban J connectivity index is 1.68. The molecule has 0 atom stereocenters. The zero-order valence-electron chi connectivity index (χ0n) is 12.1. The molecule has 1 amide bonds. The van der Waals surface area contributed by atoms with Gasteiger partial charge < -0.3 is 9.80 Å². The maximum Gasteiger partial charge on any atom is 0.272 e. The molecule has 0 aliphatic carbocycles. The summed E-state index contributed by atoms with van der Waals surface area (Å²) in [6.45, 7) is 3.99. The Morgan fingerprint density at radius 1 is 0.900 bits per heavy atom. The second-order valence-electron chi connectivity index (χ2n) is 5.80. The molecule has 0 N–H and O–H groups in total. The van der Waals surface area contributed by atoms with E-state index in [9.17, 15) is 4.79 Å². The maximum absolute atomic E-state index is 12.2. The van der Waals surface area contributed by atoms with Crippen LogP contribution in [-0.4, -0.2) is 42.0 Å². The second-order valence-corrected chi connectivity index (χ2v) is 5.80. The number of pyridine rings is 1. The van der Waals surface area contributed by atoms with E-state index in [1.54, 1.807) is 0 Å². The SMILES string of the molecule is O=C(c1ccc(N2CCCCCC2)cn1)N1CCCC1. The summed E-state index contributed by atoms with van der Waals surface area (Å²) in [5.74, 6) is 0.0879. The number of amides is 1. The van der Waals surface area contributed by atoms with E-state index in [-0.39, 0.29) is 5.91 Å². The van der Waals surface area contributed by atoms with Gasteiger partial charge in [-0.05, 0) is 37.8 Å². The van der Waals surface area contributed by atoms with Crippen molar-refractivity contribution in [3.63, 3.8) is 0 Å². The summed E-state index contributed by atoms with van der Waals surface area (Å²) in [5, 5.41) is 0. The minimum atomic E-state index is 0.0879. The van der Waals surface area contributed by atoms with E-state index in [4.69, 9.17) is 0 Å². The standard InChI is InChI=1S/C16H23N3O/c20-16(19-11-5-6-12-19)15-8-7-14(13-17-15)18-9-3-1-2-4-10-18/h7-8,13H,1-6,9-12H2. The zero-order chi connectivity index (χ0) is 13.8. The van der Waals surface area contributed by atoms with Gasteiger partial charge in [0.25, 0.3) is 5.91 Å². The highest BCUT2D eigenvalue weighted by Crippen LogP contribution is 2.19. The first-order valence-corrected chi connectivity index (χ1v) is 7.85. The molecule has 0 saturated carbocycles. The number of anilines is 1. The Morgan fingerprint density at radius 3 is 2.15 bits per heavy atom. The topological polar surface area (TPSA) is 36.4 Å². The highest BCUT2D eigenvalue weighted by molar-refractivity contribution is 5.92. The van der Waals surface area contributed by atoms with Crippen LogP contribution in [0.15, 0.2) is 18.3 Å². The normalized spacial score (nSPS) is 20.0. The number of aromatic nitrogens is 1. The van der Waals surface area contributed by atoms with E-state index in [0.717, 1.165) is 44.7 Å². The van der Waals surface area contributed by atoms with Crippen molar-refractivity contribution in [2.45, 2.75) is 38.5 Å². The third-order valence-corrected chi connectivity index (χ3v) is 4.33. The summed E-state index contributed by atoms with van der Waals surface area (Å²) in [5.41, 5.74) is 1.75. The molecule has 2 saturated heterocycles. The molecule has 1 aromatic heterocycles. The van der Waals surface area contributed by atoms with Crippen molar-refractivity contribution in [3.8, 4) is 0 Å². The lowest BCUT2D eigenvalue weighted by molar-refractivity contribution is 0.0787. The van der Waals surface area contributed by atoms with Gasteiger partial charge in [-0.1, -0.05) is 12.8 Å². The van der Waals surface area contributed by atoms with Crippen LogP contribution in [0.1, 0.15) is 49.0 Å². The van der Waals surface area contributed by atoms with Crippen LogP contribution in [0.5, 0.6) is 0 Å². The molecular weight excluding hydrogens is 250 g/mol. The summed E-state index contributed by atoms with van der Waals surface area (Å²) in [4.78, 5) is 20.9. The maximum atomic E-state index is 12.2. The van der Waals surface area contributed by atoms with E-state index >= 15 is 0 Å². The number of hydrogen-bond donors (Lipinski definition) is 0. The van der Waals surface area contributed by atoms with Crippen molar-refractivity contribution >= 4 is 11.6 Å². The smallest absolute Gasteiger partial charge is 0.272 e. The predicted octanol–water partition coefficient (Wildman–Crippen LogP) is 2.70. The minimum absolute atomic E-state index is 0.0879.